The van der Waals surface area contributed by atoms with Crippen LogP contribution in [0.15, 0.2) is 47.7 Å². The van der Waals surface area contributed by atoms with Crippen LogP contribution in [-0.2, 0) is 12.0 Å². The van der Waals surface area contributed by atoms with E-state index in [0.717, 1.165) is 50.8 Å². The number of aromatic nitrogens is 2. The highest BCUT2D eigenvalue weighted by molar-refractivity contribution is 14.0. The Morgan fingerprint density at radius 1 is 1.15 bits per heavy atom. The first-order valence-corrected chi connectivity index (χ1v) is 9.58. The van der Waals surface area contributed by atoms with Gasteiger partial charge in [-0.1, -0.05) is 44.2 Å². The first-order chi connectivity index (χ1) is 12.5. The summed E-state index contributed by atoms with van der Waals surface area (Å²) in [6.07, 6.45) is 6.13. The molecule has 0 spiro atoms. The van der Waals surface area contributed by atoms with Crippen molar-refractivity contribution in [2.24, 2.45) is 4.99 Å². The fourth-order valence-electron chi connectivity index (χ4n) is 2.85. The molecule has 6 heteroatoms. The molecule has 1 aromatic carbocycles. The van der Waals surface area contributed by atoms with E-state index < -0.39 is 0 Å². The fraction of sp³-hybridized carbons (Fsp3) is 0.524. The Hall–Kier alpha value is -1.57. The van der Waals surface area contributed by atoms with Crippen LogP contribution in [0.1, 0.15) is 45.0 Å². The van der Waals surface area contributed by atoms with E-state index in [1.165, 1.54) is 5.56 Å². The van der Waals surface area contributed by atoms with Gasteiger partial charge in [-0.15, -0.1) is 24.0 Å². The Balaban J connectivity index is 0.00000364. The van der Waals surface area contributed by atoms with E-state index in [1.807, 2.05) is 19.3 Å². The number of nitrogens with zero attached hydrogens (tertiary/aromatic N) is 3. The first-order valence-electron chi connectivity index (χ1n) is 9.58. The first kappa shape index (κ1) is 23.5. The van der Waals surface area contributed by atoms with Crippen molar-refractivity contribution in [3.63, 3.8) is 0 Å². The number of hydrogen-bond donors (Lipinski definition) is 2. The highest BCUT2D eigenvalue weighted by Crippen LogP contribution is 2.22. The van der Waals surface area contributed by atoms with Crippen LogP contribution in [0.4, 0.5) is 0 Å². The van der Waals surface area contributed by atoms with E-state index in [0.29, 0.717) is 0 Å². The van der Waals surface area contributed by atoms with Gasteiger partial charge in [-0.05, 0) is 32.3 Å². The third-order valence-corrected chi connectivity index (χ3v) is 4.57. The molecule has 0 amide bonds. The molecule has 0 radical (unpaired) electrons. The van der Waals surface area contributed by atoms with Gasteiger partial charge in [0.2, 0.25) is 0 Å². The molecule has 0 bridgehead atoms. The van der Waals surface area contributed by atoms with Gasteiger partial charge in [0.25, 0.3) is 0 Å². The molecule has 2 rings (SSSR count). The lowest BCUT2D eigenvalue weighted by atomic mass is 9.85. The average Bonchev–Trinajstić information content (AvgIpc) is 3.05. The van der Waals surface area contributed by atoms with Crippen LogP contribution in [0.3, 0.4) is 0 Å². The van der Waals surface area contributed by atoms with Gasteiger partial charge in [-0.3, -0.25) is 4.99 Å². The number of hydrogen-bond acceptors (Lipinski definition) is 2. The summed E-state index contributed by atoms with van der Waals surface area (Å²) in [5, 5.41) is 6.80. The lowest BCUT2D eigenvalue weighted by molar-refractivity contribution is 0.536. The van der Waals surface area contributed by atoms with Crippen molar-refractivity contribution in [3.8, 4) is 0 Å². The molecule has 0 aliphatic carbocycles. The average molecular weight is 483 g/mol. The Morgan fingerprint density at radius 2 is 1.89 bits per heavy atom. The van der Waals surface area contributed by atoms with Crippen molar-refractivity contribution >= 4 is 29.9 Å². The van der Waals surface area contributed by atoms with Crippen LogP contribution in [0, 0.1) is 6.92 Å². The zero-order chi connectivity index (χ0) is 18.8. The molecule has 5 nitrogen and oxygen atoms in total. The second kappa shape index (κ2) is 12.0. The molecule has 0 unspecified atom stereocenters. The van der Waals surface area contributed by atoms with Crippen LogP contribution >= 0.6 is 24.0 Å². The predicted molar refractivity (Wildman–Crippen MR) is 125 cm³/mol. The maximum Gasteiger partial charge on any atom is 0.191 e. The van der Waals surface area contributed by atoms with E-state index in [2.05, 4.69) is 71.3 Å². The fourth-order valence-corrected chi connectivity index (χ4v) is 2.85. The minimum atomic E-state index is 0. The van der Waals surface area contributed by atoms with Crippen LogP contribution < -0.4 is 10.6 Å². The van der Waals surface area contributed by atoms with Gasteiger partial charge in [-0.25, -0.2) is 4.98 Å². The van der Waals surface area contributed by atoms with Gasteiger partial charge in [0.05, 0.1) is 6.54 Å². The molecule has 2 aromatic rings. The molecule has 0 fully saturated rings. The molecule has 0 saturated heterocycles. The smallest absolute Gasteiger partial charge is 0.191 e. The van der Waals surface area contributed by atoms with Gasteiger partial charge in [0.15, 0.2) is 5.96 Å². The number of unbranched alkanes of at least 4 members (excludes halogenated alkanes) is 1. The number of halogens is 1. The van der Waals surface area contributed by atoms with Gasteiger partial charge in [0, 0.05) is 37.4 Å². The third kappa shape index (κ3) is 7.91. The summed E-state index contributed by atoms with van der Waals surface area (Å²) >= 11 is 0. The third-order valence-electron chi connectivity index (χ3n) is 4.57. The topological polar surface area (TPSA) is 54.2 Å². The summed E-state index contributed by atoms with van der Waals surface area (Å²) in [4.78, 5) is 9.06. The number of benzene rings is 1. The maximum atomic E-state index is 4.80. The number of rotatable bonds is 9. The van der Waals surface area contributed by atoms with Crippen molar-refractivity contribution in [1.29, 1.82) is 0 Å². The van der Waals surface area contributed by atoms with Crippen molar-refractivity contribution < 1.29 is 0 Å². The molecule has 0 saturated carbocycles. The maximum absolute atomic E-state index is 4.80. The molecular weight excluding hydrogens is 449 g/mol. The zero-order valence-electron chi connectivity index (χ0n) is 17.0. The Morgan fingerprint density at radius 3 is 2.52 bits per heavy atom. The van der Waals surface area contributed by atoms with Crippen molar-refractivity contribution in [3.05, 3.63) is 54.1 Å². The monoisotopic (exact) mass is 483 g/mol. The highest BCUT2D eigenvalue weighted by atomic mass is 127. The molecule has 0 atom stereocenters. The predicted octanol–water partition coefficient (Wildman–Crippen LogP) is 4.12. The highest BCUT2D eigenvalue weighted by Gasteiger charge is 2.19. The minimum Gasteiger partial charge on any atom is -0.357 e. The Bertz CT molecular complexity index is 679. The second-order valence-electron chi connectivity index (χ2n) is 7.25. The van der Waals surface area contributed by atoms with Crippen LogP contribution in [-0.4, -0.2) is 35.1 Å². The molecule has 27 heavy (non-hydrogen) atoms. The minimum absolute atomic E-state index is 0. The summed E-state index contributed by atoms with van der Waals surface area (Å²) in [7, 11) is 0. The van der Waals surface area contributed by atoms with Gasteiger partial charge in [0.1, 0.15) is 5.82 Å². The molecule has 1 aromatic heterocycles. The Labute approximate surface area is 181 Å². The van der Waals surface area contributed by atoms with E-state index in [1.54, 1.807) is 0 Å². The lowest BCUT2D eigenvalue weighted by Gasteiger charge is -2.24. The van der Waals surface area contributed by atoms with Crippen LogP contribution in [0.5, 0.6) is 0 Å². The number of guanidine groups is 1. The molecule has 1 heterocycles. The normalized spacial score (nSPS) is 11.8. The second-order valence-corrected chi connectivity index (χ2v) is 7.25. The summed E-state index contributed by atoms with van der Waals surface area (Å²) in [6, 6.07) is 10.6. The van der Waals surface area contributed by atoms with Crippen LogP contribution in [0.2, 0.25) is 0 Å². The van der Waals surface area contributed by atoms with Gasteiger partial charge in [-0.2, -0.15) is 0 Å². The zero-order valence-corrected chi connectivity index (χ0v) is 19.4. The van der Waals surface area contributed by atoms with Crippen molar-refractivity contribution in [1.82, 2.24) is 20.2 Å². The number of aryl methyl sites for hydroxylation is 2. The van der Waals surface area contributed by atoms with Gasteiger partial charge >= 0.3 is 0 Å². The standard InChI is InChI=1S/C21H33N5.HI/c1-5-22-20(24-13-9-10-15-26-16-14-23-18(26)2)25-17-21(3,4)19-11-7-6-8-12-19;/h6-8,11-12,14,16H,5,9-10,13,15,17H2,1-4H3,(H2,22,24,25);1H. The van der Waals surface area contributed by atoms with Crippen LogP contribution in [0.25, 0.3) is 0 Å². The van der Waals surface area contributed by atoms with E-state index in [9.17, 15) is 0 Å². The quantitative estimate of drug-likeness (QED) is 0.244. The Kier molecular flexibility index (Phi) is 10.4. The largest absolute Gasteiger partial charge is 0.357 e. The molecule has 150 valence electrons. The molecule has 2 N–H and O–H groups in total. The molecular formula is C21H34IN5. The summed E-state index contributed by atoms with van der Waals surface area (Å²) in [5.41, 5.74) is 1.33. The van der Waals surface area contributed by atoms with Crippen molar-refractivity contribution in [2.45, 2.75) is 52.5 Å². The summed E-state index contributed by atoms with van der Waals surface area (Å²) in [6.45, 7) is 12.2. The van der Waals surface area contributed by atoms with Gasteiger partial charge < -0.3 is 15.2 Å². The number of imidazole rings is 1. The number of aliphatic imine (C=N–C) groups is 1. The lowest BCUT2D eigenvalue weighted by Crippen LogP contribution is -2.39. The SMILES string of the molecule is CCNC(=NCC(C)(C)c1ccccc1)NCCCCn1ccnc1C.I. The van der Waals surface area contributed by atoms with E-state index >= 15 is 0 Å². The summed E-state index contributed by atoms with van der Waals surface area (Å²) < 4.78 is 2.20. The van der Waals surface area contributed by atoms with E-state index in [-0.39, 0.29) is 29.4 Å². The molecule has 0 aliphatic heterocycles. The summed E-state index contributed by atoms with van der Waals surface area (Å²) in [5.74, 6) is 1.98. The molecule has 0 aliphatic rings. The number of nitrogens with one attached hydrogen (secondary N) is 2. The van der Waals surface area contributed by atoms with E-state index in [4.69, 9.17) is 4.99 Å². The van der Waals surface area contributed by atoms with Crippen molar-refractivity contribution in [2.75, 3.05) is 19.6 Å².